The molecule has 0 N–H and O–H groups in total. The van der Waals surface area contributed by atoms with E-state index in [2.05, 4.69) is 0 Å². The fraction of sp³-hybridized carbons (Fsp3) is 0.400. The smallest absolute Gasteiger partial charge is 0.486 e. The first-order valence-electron chi connectivity index (χ1n) is 8.52. The standard InChI is InChI=1S/C20H24BFO3/c1-14-8-6-11-17(18(14)22)23-13-15-9-7-10-16(12-15)21-24-19(2,3)20(4,5)25-21/h6-12H,13H2,1-5H3. The number of aryl methyl sites for hydroxylation is 1. The summed E-state index contributed by atoms with van der Waals surface area (Å²) in [5.74, 6) is -0.0503. The van der Waals surface area contributed by atoms with Crippen molar-refractivity contribution < 1.29 is 18.4 Å². The van der Waals surface area contributed by atoms with Gasteiger partial charge >= 0.3 is 7.12 Å². The highest BCUT2D eigenvalue weighted by Gasteiger charge is 2.51. The lowest BCUT2D eigenvalue weighted by molar-refractivity contribution is 0.00578. The van der Waals surface area contributed by atoms with Crippen molar-refractivity contribution in [3.63, 3.8) is 0 Å². The van der Waals surface area contributed by atoms with Gasteiger partial charge in [-0.1, -0.05) is 36.4 Å². The van der Waals surface area contributed by atoms with E-state index in [9.17, 15) is 4.39 Å². The van der Waals surface area contributed by atoms with E-state index in [4.69, 9.17) is 14.0 Å². The second-order valence-electron chi connectivity index (χ2n) is 7.51. The molecule has 2 aromatic rings. The zero-order chi connectivity index (χ0) is 18.2. The Morgan fingerprint density at radius 1 is 1.00 bits per heavy atom. The van der Waals surface area contributed by atoms with Gasteiger partial charge < -0.3 is 14.0 Å². The molecule has 132 valence electrons. The van der Waals surface area contributed by atoms with Gasteiger partial charge in [-0.2, -0.15) is 0 Å². The Labute approximate surface area is 149 Å². The van der Waals surface area contributed by atoms with Crippen LogP contribution in [0, 0.1) is 12.7 Å². The van der Waals surface area contributed by atoms with Crippen LogP contribution in [0.5, 0.6) is 5.75 Å². The Bertz CT molecular complexity index is 757. The summed E-state index contributed by atoms with van der Waals surface area (Å²) >= 11 is 0. The van der Waals surface area contributed by atoms with Crippen LogP contribution in [0.3, 0.4) is 0 Å². The SMILES string of the molecule is Cc1cccc(OCc2cccc(B3OC(C)(C)C(C)(C)O3)c2)c1F. The highest BCUT2D eigenvalue weighted by Crippen LogP contribution is 2.36. The maximum Gasteiger partial charge on any atom is 0.494 e. The van der Waals surface area contributed by atoms with Crippen LogP contribution in [0.2, 0.25) is 0 Å². The highest BCUT2D eigenvalue weighted by molar-refractivity contribution is 6.62. The molecule has 1 heterocycles. The molecule has 3 rings (SSSR count). The Morgan fingerprint density at radius 2 is 1.64 bits per heavy atom. The predicted octanol–water partition coefficient (Wildman–Crippen LogP) is 4.01. The van der Waals surface area contributed by atoms with E-state index in [0.29, 0.717) is 5.56 Å². The van der Waals surface area contributed by atoms with Crippen LogP contribution in [-0.2, 0) is 15.9 Å². The van der Waals surface area contributed by atoms with Crippen LogP contribution < -0.4 is 10.2 Å². The van der Waals surface area contributed by atoms with Crippen molar-refractivity contribution >= 4 is 12.6 Å². The van der Waals surface area contributed by atoms with E-state index in [1.54, 1.807) is 25.1 Å². The van der Waals surface area contributed by atoms with Gasteiger partial charge in [0.25, 0.3) is 0 Å². The normalized spacial score (nSPS) is 18.4. The Hall–Kier alpha value is -1.85. The third-order valence-corrected chi connectivity index (χ3v) is 5.03. The van der Waals surface area contributed by atoms with Crippen LogP contribution in [0.1, 0.15) is 38.8 Å². The number of hydrogen-bond acceptors (Lipinski definition) is 3. The van der Waals surface area contributed by atoms with E-state index in [-0.39, 0.29) is 29.4 Å². The van der Waals surface area contributed by atoms with Crippen LogP contribution in [-0.4, -0.2) is 18.3 Å². The van der Waals surface area contributed by atoms with Crippen molar-refractivity contribution in [2.45, 2.75) is 52.4 Å². The summed E-state index contributed by atoms with van der Waals surface area (Å²) in [5, 5.41) is 0. The average Bonchev–Trinajstić information content (AvgIpc) is 2.77. The van der Waals surface area contributed by atoms with E-state index >= 15 is 0 Å². The minimum atomic E-state index is -0.416. The Balaban J connectivity index is 1.73. The minimum absolute atomic E-state index is 0.265. The molecule has 1 aliphatic rings. The molecule has 1 aliphatic heterocycles. The fourth-order valence-electron chi connectivity index (χ4n) is 2.70. The summed E-state index contributed by atoms with van der Waals surface area (Å²) in [6.45, 7) is 10.1. The molecule has 3 nitrogen and oxygen atoms in total. The van der Waals surface area contributed by atoms with Gasteiger partial charge in [0.1, 0.15) is 6.61 Å². The van der Waals surface area contributed by atoms with Crippen LogP contribution in [0.4, 0.5) is 4.39 Å². The number of benzene rings is 2. The number of ether oxygens (including phenoxy) is 1. The molecule has 0 unspecified atom stereocenters. The molecule has 0 aliphatic carbocycles. The maximum atomic E-state index is 14.0. The predicted molar refractivity (Wildman–Crippen MR) is 97.6 cm³/mol. The molecular weight excluding hydrogens is 318 g/mol. The Morgan fingerprint density at radius 3 is 2.32 bits per heavy atom. The van der Waals surface area contributed by atoms with Crippen LogP contribution in [0.25, 0.3) is 0 Å². The van der Waals surface area contributed by atoms with Crippen LogP contribution >= 0.6 is 0 Å². The van der Waals surface area contributed by atoms with Gasteiger partial charge in [-0.15, -0.1) is 0 Å². The lowest BCUT2D eigenvalue weighted by Crippen LogP contribution is -2.41. The fourth-order valence-corrected chi connectivity index (χ4v) is 2.70. The zero-order valence-corrected chi connectivity index (χ0v) is 15.4. The third kappa shape index (κ3) is 3.58. The first-order valence-corrected chi connectivity index (χ1v) is 8.52. The van der Waals surface area contributed by atoms with E-state index in [0.717, 1.165) is 11.0 Å². The van der Waals surface area contributed by atoms with Crippen molar-refractivity contribution in [1.82, 2.24) is 0 Å². The summed E-state index contributed by atoms with van der Waals surface area (Å²) in [6.07, 6.45) is 0. The first-order chi connectivity index (χ1) is 11.7. The van der Waals surface area contributed by atoms with Crippen molar-refractivity contribution in [2.24, 2.45) is 0 Å². The molecule has 5 heteroatoms. The largest absolute Gasteiger partial charge is 0.494 e. The van der Waals surface area contributed by atoms with E-state index in [1.165, 1.54) is 0 Å². The summed E-state index contributed by atoms with van der Waals surface area (Å²) in [5.41, 5.74) is 1.69. The molecule has 0 spiro atoms. The van der Waals surface area contributed by atoms with Gasteiger partial charge in [-0.3, -0.25) is 0 Å². The molecule has 1 saturated heterocycles. The molecule has 0 radical (unpaired) electrons. The molecule has 0 atom stereocenters. The lowest BCUT2D eigenvalue weighted by atomic mass is 9.78. The monoisotopic (exact) mass is 342 g/mol. The first kappa shape index (κ1) is 18.0. The summed E-state index contributed by atoms with van der Waals surface area (Å²) in [6, 6.07) is 13.0. The zero-order valence-electron chi connectivity index (χ0n) is 15.4. The van der Waals surface area contributed by atoms with Crippen molar-refractivity contribution in [3.8, 4) is 5.75 Å². The minimum Gasteiger partial charge on any atom is -0.486 e. The molecule has 0 amide bonds. The third-order valence-electron chi connectivity index (χ3n) is 5.03. The molecule has 0 saturated carbocycles. The number of rotatable bonds is 4. The van der Waals surface area contributed by atoms with Gasteiger partial charge in [0.15, 0.2) is 11.6 Å². The van der Waals surface area contributed by atoms with Gasteiger partial charge in [0, 0.05) is 0 Å². The molecule has 0 bridgehead atoms. The van der Waals surface area contributed by atoms with Crippen molar-refractivity contribution in [1.29, 1.82) is 0 Å². The maximum absolute atomic E-state index is 14.0. The number of halogens is 1. The highest BCUT2D eigenvalue weighted by atomic mass is 19.1. The molecule has 0 aromatic heterocycles. The van der Waals surface area contributed by atoms with Gasteiger partial charge in [0.2, 0.25) is 0 Å². The second kappa shape index (κ2) is 6.47. The van der Waals surface area contributed by atoms with Gasteiger partial charge in [-0.25, -0.2) is 4.39 Å². The average molecular weight is 342 g/mol. The van der Waals surface area contributed by atoms with E-state index in [1.807, 2.05) is 52.0 Å². The second-order valence-corrected chi connectivity index (χ2v) is 7.51. The molecule has 2 aromatic carbocycles. The molecule has 1 fully saturated rings. The number of hydrogen-bond donors (Lipinski definition) is 0. The van der Waals surface area contributed by atoms with Gasteiger partial charge in [-0.05, 0) is 57.3 Å². The van der Waals surface area contributed by atoms with Gasteiger partial charge in [0.05, 0.1) is 11.2 Å². The molecular formula is C20H24BFO3. The van der Waals surface area contributed by atoms with E-state index < -0.39 is 7.12 Å². The molecule has 25 heavy (non-hydrogen) atoms. The summed E-state index contributed by atoms with van der Waals surface area (Å²) in [7, 11) is -0.416. The van der Waals surface area contributed by atoms with Crippen molar-refractivity contribution in [2.75, 3.05) is 0 Å². The topological polar surface area (TPSA) is 27.7 Å². The summed E-state index contributed by atoms with van der Waals surface area (Å²) < 4.78 is 31.8. The quantitative estimate of drug-likeness (QED) is 0.786. The lowest BCUT2D eigenvalue weighted by Gasteiger charge is -2.32. The van der Waals surface area contributed by atoms with Crippen molar-refractivity contribution in [3.05, 3.63) is 59.4 Å². The summed E-state index contributed by atoms with van der Waals surface area (Å²) in [4.78, 5) is 0. The Kier molecular flexibility index (Phi) is 4.65. The van der Waals surface area contributed by atoms with Crippen LogP contribution in [0.15, 0.2) is 42.5 Å².